The fourth-order valence-electron chi connectivity index (χ4n) is 1.60. The van der Waals surface area contributed by atoms with Crippen LogP contribution in [0.25, 0.3) is 11.0 Å². The van der Waals surface area contributed by atoms with Crippen molar-refractivity contribution in [3.05, 3.63) is 30.1 Å². The van der Waals surface area contributed by atoms with E-state index in [2.05, 4.69) is 22.7 Å². The highest BCUT2D eigenvalue weighted by Gasteiger charge is 2.08. The van der Waals surface area contributed by atoms with E-state index >= 15 is 0 Å². The molecule has 2 N–H and O–H groups in total. The molecule has 0 bridgehead atoms. The molecule has 84 valence electrons. The zero-order valence-electron chi connectivity index (χ0n) is 9.32. The van der Waals surface area contributed by atoms with Crippen LogP contribution in [0.3, 0.4) is 0 Å². The third-order valence-corrected chi connectivity index (χ3v) is 2.68. The van der Waals surface area contributed by atoms with Crippen LogP contribution in [0, 0.1) is 0 Å². The van der Waals surface area contributed by atoms with Crippen LogP contribution in [0.1, 0.15) is 12.7 Å². The molecule has 5 heteroatoms. The van der Waals surface area contributed by atoms with Crippen molar-refractivity contribution in [2.75, 3.05) is 12.5 Å². The van der Waals surface area contributed by atoms with Gasteiger partial charge in [0.15, 0.2) is 5.11 Å². The number of nitrogens with zero attached hydrogens (tertiary/aromatic N) is 2. The number of benzene rings is 1. The Labute approximate surface area is 99.6 Å². The molecule has 0 saturated heterocycles. The smallest absolute Gasteiger partial charge is 0.185 e. The fraction of sp³-hybridized carbons (Fsp3) is 0.273. The molecule has 2 aromatic rings. The first-order valence-corrected chi connectivity index (χ1v) is 5.62. The molecule has 0 radical (unpaired) electrons. The Balaban J connectivity index is 2.51. The Morgan fingerprint density at radius 3 is 2.88 bits per heavy atom. The second-order valence-corrected chi connectivity index (χ2v) is 3.80. The predicted octanol–water partition coefficient (Wildman–Crippen LogP) is 1.65. The van der Waals surface area contributed by atoms with E-state index in [1.54, 1.807) is 7.05 Å². The largest absolute Gasteiger partial charge is 0.364 e. The van der Waals surface area contributed by atoms with Crippen molar-refractivity contribution >= 4 is 28.4 Å². The third kappa shape index (κ3) is 1.86. The van der Waals surface area contributed by atoms with Crippen molar-refractivity contribution in [1.29, 1.82) is 0 Å². The number of thiocarbonyl (C=S) groups is 1. The lowest BCUT2D eigenvalue weighted by Gasteiger charge is -2.11. The van der Waals surface area contributed by atoms with Gasteiger partial charge >= 0.3 is 0 Å². The minimum Gasteiger partial charge on any atom is -0.364 e. The molecule has 2 rings (SSSR count). The number of imidazole rings is 1. The van der Waals surface area contributed by atoms with Crippen LogP contribution in [0.15, 0.2) is 24.3 Å². The van der Waals surface area contributed by atoms with Crippen LogP contribution >= 0.6 is 12.2 Å². The van der Waals surface area contributed by atoms with Crippen molar-refractivity contribution in [3.63, 3.8) is 0 Å². The maximum Gasteiger partial charge on any atom is 0.185 e. The van der Waals surface area contributed by atoms with Gasteiger partial charge in [-0.2, -0.15) is 0 Å². The first-order chi connectivity index (χ1) is 7.76. The molecule has 0 unspecified atom stereocenters. The average Bonchev–Trinajstić information content (AvgIpc) is 2.67. The van der Waals surface area contributed by atoms with Gasteiger partial charge in [0, 0.05) is 13.5 Å². The van der Waals surface area contributed by atoms with Gasteiger partial charge in [0.05, 0.1) is 11.0 Å². The first-order valence-electron chi connectivity index (χ1n) is 5.21. The van der Waals surface area contributed by atoms with E-state index in [1.807, 2.05) is 28.9 Å². The summed E-state index contributed by atoms with van der Waals surface area (Å²) in [5, 5.41) is 3.47. The van der Waals surface area contributed by atoms with E-state index in [1.165, 1.54) is 0 Å². The summed E-state index contributed by atoms with van der Waals surface area (Å²) < 4.78 is 1.92. The summed E-state index contributed by atoms with van der Waals surface area (Å²) in [5.41, 5.74) is 5.13. The van der Waals surface area contributed by atoms with Crippen LogP contribution in [0.4, 0.5) is 0 Å². The SMILES string of the molecule is CCc1nc2ccccc2n1NC(=S)NC. The van der Waals surface area contributed by atoms with Crippen LogP contribution in [0.2, 0.25) is 0 Å². The standard InChI is InChI=1S/C11H14N4S/c1-3-10-13-8-6-4-5-7-9(8)15(10)14-11(16)12-2/h4-7H,3H2,1-2H3,(H2,12,14,16). The number of hydrogen-bond acceptors (Lipinski definition) is 2. The van der Waals surface area contributed by atoms with Gasteiger partial charge in [-0.25, -0.2) is 9.66 Å². The summed E-state index contributed by atoms with van der Waals surface area (Å²) in [6.07, 6.45) is 0.855. The van der Waals surface area contributed by atoms with Gasteiger partial charge in [-0.15, -0.1) is 0 Å². The lowest BCUT2D eigenvalue weighted by molar-refractivity contribution is 0.859. The molecule has 0 saturated carbocycles. The van der Waals surface area contributed by atoms with E-state index in [0.717, 1.165) is 23.3 Å². The molecule has 0 atom stereocenters. The van der Waals surface area contributed by atoms with E-state index in [4.69, 9.17) is 12.2 Å². The highest BCUT2D eigenvalue weighted by molar-refractivity contribution is 7.80. The number of aryl methyl sites for hydroxylation is 1. The molecular formula is C11H14N4S. The molecule has 0 aliphatic heterocycles. The van der Waals surface area contributed by atoms with Crippen molar-refractivity contribution < 1.29 is 0 Å². The first kappa shape index (κ1) is 10.9. The van der Waals surface area contributed by atoms with E-state index in [-0.39, 0.29) is 0 Å². The highest BCUT2D eigenvalue weighted by atomic mass is 32.1. The van der Waals surface area contributed by atoms with Gasteiger partial charge in [-0.3, -0.25) is 5.43 Å². The molecule has 16 heavy (non-hydrogen) atoms. The average molecular weight is 234 g/mol. The molecule has 1 heterocycles. The maximum absolute atomic E-state index is 5.10. The van der Waals surface area contributed by atoms with Crippen LogP contribution < -0.4 is 10.7 Å². The normalized spacial score (nSPS) is 10.4. The summed E-state index contributed by atoms with van der Waals surface area (Å²) in [5.74, 6) is 0.971. The van der Waals surface area contributed by atoms with E-state index in [0.29, 0.717) is 5.11 Å². The van der Waals surface area contributed by atoms with Crippen molar-refractivity contribution in [3.8, 4) is 0 Å². The lowest BCUT2D eigenvalue weighted by atomic mass is 10.3. The summed E-state index contributed by atoms with van der Waals surface area (Å²) >= 11 is 5.10. The minimum atomic E-state index is 0.581. The van der Waals surface area contributed by atoms with Crippen LogP contribution in [-0.2, 0) is 6.42 Å². The Bertz CT molecular complexity index is 518. The monoisotopic (exact) mass is 234 g/mol. The Morgan fingerprint density at radius 2 is 2.19 bits per heavy atom. The van der Waals surface area contributed by atoms with Crippen molar-refractivity contribution in [1.82, 2.24) is 15.0 Å². The highest BCUT2D eigenvalue weighted by Crippen LogP contribution is 2.14. The summed E-state index contributed by atoms with van der Waals surface area (Å²) in [6.45, 7) is 2.07. The number of aromatic nitrogens is 2. The third-order valence-electron chi connectivity index (χ3n) is 2.39. The molecule has 0 aliphatic carbocycles. The number of fused-ring (bicyclic) bond motifs is 1. The topological polar surface area (TPSA) is 41.9 Å². The fourth-order valence-corrected chi connectivity index (χ4v) is 1.69. The molecule has 1 aromatic heterocycles. The Morgan fingerprint density at radius 1 is 1.44 bits per heavy atom. The lowest BCUT2D eigenvalue weighted by Crippen LogP contribution is -2.32. The molecule has 1 aromatic carbocycles. The van der Waals surface area contributed by atoms with Gasteiger partial charge in [0.25, 0.3) is 0 Å². The summed E-state index contributed by atoms with van der Waals surface area (Å²) in [7, 11) is 1.79. The number of hydrogen-bond donors (Lipinski definition) is 2. The molecular weight excluding hydrogens is 220 g/mol. The second kappa shape index (κ2) is 4.49. The zero-order chi connectivity index (χ0) is 11.5. The number of nitrogens with one attached hydrogen (secondary N) is 2. The number of rotatable bonds is 2. The molecule has 0 amide bonds. The van der Waals surface area contributed by atoms with Gasteiger partial charge in [0.1, 0.15) is 5.82 Å². The van der Waals surface area contributed by atoms with Crippen LogP contribution in [-0.4, -0.2) is 21.8 Å². The van der Waals surface area contributed by atoms with E-state index in [9.17, 15) is 0 Å². The molecule has 0 aliphatic rings. The quantitative estimate of drug-likeness (QED) is 0.775. The summed E-state index contributed by atoms with van der Waals surface area (Å²) in [6, 6.07) is 7.99. The molecule has 0 spiro atoms. The number of para-hydroxylation sites is 2. The maximum atomic E-state index is 5.10. The Hall–Kier alpha value is -1.62. The predicted molar refractivity (Wildman–Crippen MR) is 70.1 cm³/mol. The second-order valence-electron chi connectivity index (χ2n) is 3.40. The van der Waals surface area contributed by atoms with Crippen molar-refractivity contribution in [2.24, 2.45) is 0 Å². The summed E-state index contributed by atoms with van der Waals surface area (Å²) in [4.78, 5) is 4.53. The van der Waals surface area contributed by atoms with E-state index < -0.39 is 0 Å². The molecule has 0 fully saturated rings. The van der Waals surface area contributed by atoms with Crippen LogP contribution in [0.5, 0.6) is 0 Å². The molecule has 4 nitrogen and oxygen atoms in total. The minimum absolute atomic E-state index is 0.581. The van der Waals surface area contributed by atoms with Gasteiger partial charge in [-0.05, 0) is 24.4 Å². The van der Waals surface area contributed by atoms with Gasteiger partial charge in [-0.1, -0.05) is 19.1 Å². The van der Waals surface area contributed by atoms with Crippen molar-refractivity contribution in [2.45, 2.75) is 13.3 Å². The Kier molecular flexibility index (Phi) is 3.05. The van der Waals surface area contributed by atoms with Gasteiger partial charge < -0.3 is 5.32 Å². The van der Waals surface area contributed by atoms with Gasteiger partial charge in [0.2, 0.25) is 0 Å². The zero-order valence-corrected chi connectivity index (χ0v) is 10.1.